The molecule has 14 heavy (non-hydrogen) atoms. The first kappa shape index (κ1) is 10.6. The lowest BCUT2D eigenvalue weighted by molar-refractivity contribution is 0.0695. The van der Waals surface area contributed by atoms with Crippen molar-refractivity contribution in [3.05, 3.63) is 23.5 Å². The first-order valence-corrected chi connectivity index (χ1v) is 4.29. The maximum Gasteiger partial charge on any atom is 0.337 e. The summed E-state index contributed by atoms with van der Waals surface area (Å²) in [6.07, 6.45) is 3.46. The third-order valence-electron chi connectivity index (χ3n) is 1.87. The molecular weight excluding hydrogens is 182 g/mol. The van der Waals surface area contributed by atoms with Crippen molar-refractivity contribution >= 4 is 5.97 Å². The number of aromatic carboxylic acids is 1. The molecule has 0 unspecified atom stereocenters. The molecule has 76 valence electrons. The molecule has 0 radical (unpaired) electrons. The predicted octanol–water partition coefficient (Wildman–Crippen LogP) is 0.279. The molecule has 0 aliphatic rings. The number of rotatable bonds is 4. The van der Waals surface area contributed by atoms with Crippen LogP contribution < -0.4 is 0 Å². The number of carboxylic acids is 1. The third kappa shape index (κ3) is 2.77. The fraction of sp³-hybridized carbons (Fsp3) is 0.444. The maximum absolute atomic E-state index is 10.8. The zero-order chi connectivity index (χ0) is 10.6. The molecule has 0 aliphatic heterocycles. The normalized spacial score (nSPS) is 10.5. The van der Waals surface area contributed by atoms with Crippen LogP contribution in [-0.4, -0.2) is 46.8 Å². The molecule has 1 N–H and O–H groups in total. The molecule has 0 aliphatic carbocycles. The second-order valence-corrected chi connectivity index (χ2v) is 3.29. The number of likely N-dealkylation sites (N-methyl/N-ethyl adjacent to an activating group) is 1. The van der Waals surface area contributed by atoms with Gasteiger partial charge in [0.05, 0.1) is 18.0 Å². The lowest BCUT2D eigenvalue weighted by Crippen LogP contribution is -2.17. The highest BCUT2D eigenvalue weighted by atomic mass is 16.4. The number of hydrogen-bond acceptors (Lipinski definition) is 4. The Hall–Kier alpha value is -1.49. The van der Waals surface area contributed by atoms with Gasteiger partial charge in [-0.2, -0.15) is 10.2 Å². The van der Waals surface area contributed by atoms with Gasteiger partial charge in [0.1, 0.15) is 0 Å². The van der Waals surface area contributed by atoms with Crippen molar-refractivity contribution in [1.82, 2.24) is 15.1 Å². The largest absolute Gasteiger partial charge is 0.478 e. The Kier molecular flexibility index (Phi) is 3.53. The lowest BCUT2D eigenvalue weighted by Gasteiger charge is -2.09. The van der Waals surface area contributed by atoms with Gasteiger partial charge in [0.2, 0.25) is 0 Å². The average Bonchev–Trinajstić information content (AvgIpc) is 2.15. The summed E-state index contributed by atoms with van der Waals surface area (Å²) < 4.78 is 0. The van der Waals surface area contributed by atoms with E-state index in [2.05, 4.69) is 10.2 Å². The number of aromatic nitrogens is 2. The molecule has 1 heterocycles. The van der Waals surface area contributed by atoms with Gasteiger partial charge >= 0.3 is 5.97 Å². The average molecular weight is 195 g/mol. The van der Waals surface area contributed by atoms with E-state index in [9.17, 15) is 4.79 Å². The van der Waals surface area contributed by atoms with Gasteiger partial charge in [0.15, 0.2) is 0 Å². The standard InChI is InChI=1S/C9H13N3O2/c1-12(2)4-3-7-5-10-11-6-8(7)9(13)14/h5-6H,3-4H2,1-2H3,(H,13,14). The van der Waals surface area contributed by atoms with Crippen LogP contribution in [0.1, 0.15) is 15.9 Å². The number of nitrogens with zero attached hydrogens (tertiary/aromatic N) is 3. The summed E-state index contributed by atoms with van der Waals surface area (Å²) in [7, 11) is 3.88. The summed E-state index contributed by atoms with van der Waals surface area (Å²) in [6.45, 7) is 0.798. The van der Waals surface area contributed by atoms with E-state index in [4.69, 9.17) is 5.11 Å². The van der Waals surface area contributed by atoms with E-state index in [-0.39, 0.29) is 5.56 Å². The summed E-state index contributed by atoms with van der Waals surface area (Å²) in [5, 5.41) is 16.1. The van der Waals surface area contributed by atoms with Crippen molar-refractivity contribution in [2.75, 3.05) is 20.6 Å². The molecule has 0 fully saturated rings. The van der Waals surface area contributed by atoms with Crippen molar-refractivity contribution in [3.63, 3.8) is 0 Å². The number of carbonyl (C=O) groups is 1. The minimum Gasteiger partial charge on any atom is -0.478 e. The van der Waals surface area contributed by atoms with Crippen LogP contribution >= 0.6 is 0 Å². The quantitative estimate of drug-likeness (QED) is 0.747. The molecule has 0 atom stereocenters. The highest BCUT2D eigenvalue weighted by Crippen LogP contribution is 2.06. The Bertz CT molecular complexity index is 326. The van der Waals surface area contributed by atoms with Crippen LogP contribution in [0.4, 0.5) is 0 Å². The van der Waals surface area contributed by atoms with E-state index in [1.807, 2.05) is 19.0 Å². The fourth-order valence-corrected chi connectivity index (χ4v) is 1.08. The highest BCUT2D eigenvalue weighted by molar-refractivity contribution is 5.88. The van der Waals surface area contributed by atoms with Crippen LogP contribution in [0.2, 0.25) is 0 Å². The molecule has 0 saturated heterocycles. The number of hydrogen-bond donors (Lipinski definition) is 1. The van der Waals surface area contributed by atoms with Crippen LogP contribution in [0.5, 0.6) is 0 Å². The van der Waals surface area contributed by atoms with Gasteiger partial charge in [-0.3, -0.25) is 0 Å². The number of carboxylic acid groups (broad SMARTS) is 1. The molecule has 0 saturated carbocycles. The minimum absolute atomic E-state index is 0.238. The zero-order valence-corrected chi connectivity index (χ0v) is 8.27. The molecule has 5 heteroatoms. The Labute approximate surface area is 82.4 Å². The van der Waals surface area contributed by atoms with Gasteiger partial charge < -0.3 is 10.0 Å². The molecule has 1 aromatic rings. The highest BCUT2D eigenvalue weighted by Gasteiger charge is 2.09. The molecule has 0 amide bonds. The summed E-state index contributed by atoms with van der Waals surface area (Å²) in [5.41, 5.74) is 0.961. The second-order valence-electron chi connectivity index (χ2n) is 3.29. The molecule has 1 rings (SSSR count). The van der Waals surface area contributed by atoms with Crippen molar-refractivity contribution < 1.29 is 9.90 Å². The van der Waals surface area contributed by atoms with Crippen LogP contribution in [0, 0.1) is 0 Å². The van der Waals surface area contributed by atoms with E-state index >= 15 is 0 Å². The summed E-state index contributed by atoms with van der Waals surface area (Å²) >= 11 is 0. The smallest absolute Gasteiger partial charge is 0.337 e. The molecule has 0 spiro atoms. The van der Waals surface area contributed by atoms with Crippen molar-refractivity contribution in [2.45, 2.75) is 6.42 Å². The summed E-state index contributed by atoms with van der Waals surface area (Å²) in [6, 6.07) is 0. The van der Waals surface area contributed by atoms with Gasteiger partial charge in [-0.15, -0.1) is 0 Å². The predicted molar refractivity (Wildman–Crippen MR) is 51.2 cm³/mol. The van der Waals surface area contributed by atoms with Gasteiger partial charge in [-0.1, -0.05) is 0 Å². The van der Waals surface area contributed by atoms with Crippen molar-refractivity contribution in [3.8, 4) is 0 Å². The van der Waals surface area contributed by atoms with Gasteiger partial charge in [0, 0.05) is 6.54 Å². The SMILES string of the molecule is CN(C)CCc1cnncc1C(=O)O. The Morgan fingerprint density at radius 3 is 2.64 bits per heavy atom. The van der Waals surface area contributed by atoms with E-state index in [1.165, 1.54) is 12.4 Å². The molecule has 1 aromatic heterocycles. The van der Waals surface area contributed by atoms with Crippen LogP contribution in [0.15, 0.2) is 12.4 Å². The van der Waals surface area contributed by atoms with Gasteiger partial charge in [-0.05, 0) is 26.1 Å². The third-order valence-corrected chi connectivity index (χ3v) is 1.87. The van der Waals surface area contributed by atoms with Crippen molar-refractivity contribution in [2.24, 2.45) is 0 Å². The Morgan fingerprint density at radius 2 is 2.07 bits per heavy atom. The summed E-state index contributed by atoms with van der Waals surface area (Å²) in [5.74, 6) is -0.950. The van der Waals surface area contributed by atoms with Crippen LogP contribution in [0.3, 0.4) is 0 Å². The molecule has 5 nitrogen and oxygen atoms in total. The molecule has 0 aromatic carbocycles. The van der Waals surface area contributed by atoms with E-state index in [1.54, 1.807) is 0 Å². The Morgan fingerprint density at radius 1 is 1.43 bits per heavy atom. The monoisotopic (exact) mass is 195 g/mol. The van der Waals surface area contributed by atoms with Gasteiger partial charge in [0.25, 0.3) is 0 Å². The van der Waals surface area contributed by atoms with Crippen LogP contribution in [-0.2, 0) is 6.42 Å². The first-order chi connectivity index (χ1) is 6.61. The maximum atomic E-state index is 10.8. The molecule has 0 bridgehead atoms. The topological polar surface area (TPSA) is 66.3 Å². The van der Waals surface area contributed by atoms with E-state index in [0.29, 0.717) is 6.42 Å². The first-order valence-electron chi connectivity index (χ1n) is 4.29. The van der Waals surface area contributed by atoms with Gasteiger partial charge in [-0.25, -0.2) is 4.79 Å². The Balaban J connectivity index is 2.79. The van der Waals surface area contributed by atoms with Crippen LogP contribution in [0.25, 0.3) is 0 Å². The second kappa shape index (κ2) is 4.66. The van der Waals surface area contributed by atoms with E-state index < -0.39 is 5.97 Å². The lowest BCUT2D eigenvalue weighted by atomic mass is 10.1. The minimum atomic E-state index is -0.950. The summed E-state index contributed by atoms with van der Waals surface area (Å²) in [4.78, 5) is 12.8. The van der Waals surface area contributed by atoms with Crippen molar-refractivity contribution in [1.29, 1.82) is 0 Å². The molecular formula is C9H13N3O2. The zero-order valence-electron chi connectivity index (χ0n) is 8.27. The van der Waals surface area contributed by atoms with E-state index in [0.717, 1.165) is 12.1 Å². The fourth-order valence-electron chi connectivity index (χ4n) is 1.08.